The van der Waals surface area contributed by atoms with E-state index in [2.05, 4.69) is 9.98 Å². The largest absolute Gasteiger partial charge is 0.480 e. The molecule has 0 bridgehead atoms. The minimum atomic E-state index is -1.56. The first-order valence-corrected chi connectivity index (χ1v) is 9.12. The van der Waals surface area contributed by atoms with Gasteiger partial charge >= 0.3 is 5.97 Å². The highest BCUT2D eigenvalue weighted by atomic mass is 16.4. The van der Waals surface area contributed by atoms with Crippen LogP contribution < -0.4 is 22.8 Å². The van der Waals surface area contributed by atoms with Crippen LogP contribution in [0.4, 0.5) is 0 Å². The molecule has 1 unspecified atom stereocenters. The standard InChI is InChI=1S/C21H23N5O3/c22-20(23)25-11-3-10-21(24,19(28)29)15-8-6-13(7-9-15)17-12-14-4-1-2-5-16(14)18(27)26-17/h1-2,4-9,12H,3,10-11,24H2,(H,26,27)(H,28,29)(H4,22,23,25). The second-order valence-corrected chi connectivity index (χ2v) is 6.86. The molecule has 1 heterocycles. The zero-order chi connectivity index (χ0) is 21.0. The molecule has 0 saturated carbocycles. The number of fused-ring (bicyclic) bond motifs is 1. The molecule has 3 aromatic rings. The quantitative estimate of drug-likeness (QED) is 0.232. The SMILES string of the molecule is NC(N)=NCCCC(N)(C(=O)O)c1ccc(-c2cc3ccccc3c(=O)[nH]2)cc1. The predicted molar refractivity (Wildman–Crippen MR) is 113 cm³/mol. The third-order valence-electron chi connectivity index (χ3n) is 4.87. The molecule has 0 radical (unpaired) electrons. The smallest absolute Gasteiger partial charge is 0.328 e. The van der Waals surface area contributed by atoms with Crippen LogP contribution in [-0.2, 0) is 10.3 Å². The normalized spacial score (nSPS) is 13.0. The number of nitrogens with two attached hydrogens (primary N) is 3. The highest BCUT2D eigenvalue weighted by Gasteiger charge is 2.35. The Labute approximate surface area is 167 Å². The Kier molecular flexibility index (Phi) is 5.65. The number of aliphatic imine (C=N–C) groups is 1. The van der Waals surface area contributed by atoms with Gasteiger partial charge in [0, 0.05) is 17.6 Å². The van der Waals surface area contributed by atoms with E-state index in [0.717, 1.165) is 10.9 Å². The van der Waals surface area contributed by atoms with Crippen molar-refractivity contribution in [3.63, 3.8) is 0 Å². The molecule has 8 N–H and O–H groups in total. The van der Waals surface area contributed by atoms with Crippen LogP contribution in [0, 0.1) is 0 Å². The van der Waals surface area contributed by atoms with Gasteiger partial charge in [0.2, 0.25) is 0 Å². The number of nitrogens with one attached hydrogen (secondary N) is 1. The first-order valence-electron chi connectivity index (χ1n) is 9.12. The third-order valence-corrected chi connectivity index (χ3v) is 4.87. The molecule has 2 aromatic carbocycles. The number of nitrogens with zero attached hydrogens (tertiary/aromatic N) is 1. The number of aromatic amines is 1. The molecule has 0 aliphatic carbocycles. The Hall–Kier alpha value is -3.65. The summed E-state index contributed by atoms with van der Waals surface area (Å²) < 4.78 is 0. The van der Waals surface area contributed by atoms with E-state index in [1.165, 1.54) is 0 Å². The van der Waals surface area contributed by atoms with Gasteiger partial charge in [-0.1, -0.05) is 42.5 Å². The molecule has 29 heavy (non-hydrogen) atoms. The lowest BCUT2D eigenvalue weighted by atomic mass is 9.86. The summed E-state index contributed by atoms with van der Waals surface area (Å²) in [5, 5.41) is 11.1. The summed E-state index contributed by atoms with van der Waals surface area (Å²) in [6.45, 7) is 0.297. The van der Waals surface area contributed by atoms with Crippen molar-refractivity contribution in [1.29, 1.82) is 0 Å². The van der Waals surface area contributed by atoms with E-state index < -0.39 is 11.5 Å². The molecule has 0 spiro atoms. The maximum Gasteiger partial charge on any atom is 0.328 e. The van der Waals surface area contributed by atoms with Gasteiger partial charge in [-0.2, -0.15) is 0 Å². The van der Waals surface area contributed by atoms with Crippen molar-refractivity contribution in [2.24, 2.45) is 22.2 Å². The van der Waals surface area contributed by atoms with Crippen molar-refractivity contribution in [1.82, 2.24) is 4.98 Å². The Morgan fingerprint density at radius 3 is 2.45 bits per heavy atom. The summed E-state index contributed by atoms with van der Waals surface area (Å²) >= 11 is 0. The lowest BCUT2D eigenvalue weighted by Gasteiger charge is -2.25. The Bertz CT molecular complexity index is 1120. The van der Waals surface area contributed by atoms with Gasteiger partial charge in [-0.15, -0.1) is 0 Å². The fraction of sp³-hybridized carbons (Fsp3) is 0.190. The number of aliphatic carboxylic acids is 1. The molecule has 8 nitrogen and oxygen atoms in total. The topological polar surface area (TPSA) is 161 Å². The number of hydrogen-bond donors (Lipinski definition) is 5. The first-order chi connectivity index (χ1) is 13.8. The summed E-state index contributed by atoms with van der Waals surface area (Å²) in [5.74, 6) is -1.18. The summed E-state index contributed by atoms with van der Waals surface area (Å²) in [5.41, 5.74) is 16.9. The molecule has 1 atom stereocenters. The predicted octanol–water partition coefficient (Wildman–Crippen LogP) is 1.49. The fourth-order valence-electron chi connectivity index (χ4n) is 3.25. The van der Waals surface area contributed by atoms with Crippen LogP contribution in [0.5, 0.6) is 0 Å². The first kappa shape index (κ1) is 20.1. The summed E-state index contributed by atoms with van der Waals surface area (Å²) in [7, 11) is 0. The van der Waals surface area contributed by atoms with Gasteiger partial charge in [-0.05, 0) is 41.5 Å². The second kappa shape index (κ2) is 8.15. The third kappa shape index (κ3) is 4.27. The number of H-pyrrole nitrogens is 1. The highest BCUT2D eigenvalue weighted by Crippen LogP contribution is 2.27. The van der Waals surface area contributed by atoms with Crippen LogP contribution in [0.25, 0.3) is 22.0 Å². The molecule has 3 rings (SSSR count). The molecule has 150 valence electrons. The molecule has 8 heteroatoms. The summed E-state index contributed by atoms with van der Waals surface area (Å²) in [6.07, 6.45) is 0.589. The van der Waals surface area contributed by atoms with Gasteiger partial charge in [0.1, 0.15) is 5.54 Å². The number of benzene rings is 2. The molecule has 0 fully saturated rings. The van der Waals surface area contributed by atoms with E-state index in [9.17, 15) is 14.7 Å². The van der Waals surface area contributed by atoms with Crippen LogP contribution in [0.15, 0.2) is 64.4 Å². The lowest BCUT2D eigenvalue weighted by Crippen LogP contribution is -2.45. The van der Waals surface area contributed by atoms with Crippen molar-refractivity contribution < 1.29 is 9.90 Å². The lowest BCUT2D eigenvalue weighted by molar-refractivity contribution is -0.144. The van der Waals surface area contributed by atoms with Gasteiger partial charge < -0.3 is 27.3 Å². The molecule has 0 aliphatic heterocycles. The summed E-state index contributed by atoms with van der Waals surface area (Å²) in [4.78, 5) is 30.9. The molecule has 1 aromatic heterocycles. The van der Waals surface area contributed by atoms with Crippen molar-refractivity contribution in [3.8, 4) is 11.3 Å². The van der Waals surface area contributed by atoms with Crippen LogP contribution in [0.3, 0.4) is 0 Å². The van der Waals surface area contributed by atoms with E-state index >= 15 is 0 Å². The van der Waals surface area contributed by atoms with E-state index in [1.54, 1.807) is 30.3 Å². The Morgan fingerprint density at radius 2 is 1.79 bits per heavy atom. The average molecular weight is 393 g/mol. The van der Waals surface area contributed by atoms with E-state index in [1.807, 2.05) is 24.3 Å². The molecular formula is C21H23N5O3. The number of hydrogen-bond acceptors (Lipinski definition) is 4. The zero-order valence-corrected chi connectivity index (χ0v) is 15.8. The van der Waals surface area contributed by atoms with E-state index in [0.29, 0.717) is 29.6 Å². The molecule has 0 saturated heterocycles. The van der Waals surface area contributed by atoms with Crippen LogP contribution in [0.1, 0.15) is 18.4 Å². The van der Waals surface area contributed by atoms with E-state index in [-0.39, 0.29) is 17.9 Å². The van der Waals surface area contributed by atoms with Gasteiger partial charge in [0.25, 0.3) is 5.56 Å². The minimum absolute atomic E-state index is 0.0447. The number of aromatic nitrogens is 1. The number of rotatable bonds is 7. The number of carbonyl (C=O) groups is 1. The molecule has 0 aliphatic rings. The van der Waals surface area contributed by atoms with Gasteiger partial charge in [-0.25, -0.2) is 4.79 Å². The number of pyridine rings is 1. The highest BCUT2D eigenvalue weighted by molar-refractivity contribution is 5.85. The van der Waals surface area contributed by atoms with Crippen molar-refractivity contribution in [2.75, 3.05) is 6.54 Å². The second-order valence-electron chi connectivity index (χ2n) is 6.86. The number of carboxylic acid groups (broad SMARTS) is 1. The van der Waals surface area contributed by atoms with Gasteiger partial charge in [0.05, 0.1) is 0 Å². The van der Waals surface area contributed by atoms with Crippen LogP contribution >= 0.6 is 0 Å². The molecular weight excluding hydrogens is 370 g/mol. The number of carboxylic acids is 1. The van der Waals surface area contributed by atoms with Crippen molar-refractivity contribution in [2.45, 2.75) is 18.4 Å². The Balaban J connectivity index is 1.89. The monoisotopic (exact) mass is 393 g/mol. The van der Waals surface area contributed by atoms with Gasteiger partial charge in [-0.3, -0.25) is 9.79 Å². The number of guanidine groups is 1. The average Bonchev–Trinajstić information content (AvgIpc) is 2.71. The van der Waals surface area contributed by atoms with Crippen molar-refractivity contribution >= 4 is 22.7 Å². The Morgan fingerprint density at radius 1 is 1.10 bits per heavy atom. The van der Waals surface area contributed by atoms with Crippen LogP contribution in [0.2, 0.25) is 0 Å². The minimum Gasteiger partial charge on any atom is -0.480 e. The van der Waals surface area contributed by atoms with E-state index in [4.69, 9.17) is 17.2 Å². The van der Waals surface area contributed by atoms with Gasteiger partial charge in [0.15, 0.2) is 5.96 Å². The zero-order valence-electron chi connectivity index (χ0n) is 15.8. The maximum absolute atomic E-state index is 12.3. The fourth-order valence-corrected chi connectivity index (χ4v) is 3.25. The van der Waals surface area contributed by atoms with Crippen LogP contribution in [-0.4, -0.2) is 28.6 Å². The molecule has 0 amide bonds. The summed E-state index contributed by atoms with van der Waals surface area (Å²) in [6, 6.07) is 16.0. The maximum atomic E-state index is 12.3. The van der Waals surface area contributed by atoms with Crippen molar-refractivity contribution in [3.05, 3.63) is 70.5 Å².